The van der Waals surface area contributed by atoms with Gasteiger partial charge in [-0.15, -0.1) is 0 Å². The number of ether oxygens (including phenoxy) is 1. The lowest BCUT2D eigenvalue weighted by atomic mass is 10.3. The molecular formula is C11H12N4O3S. The van der Waals surface area contributed by atoms with Crippen LogP contribution in [0.15, 0.2) is 24.3 Å². The van der Waals surface area contributed by atoms with Crippen LogP contribution in [-0.4, -0.2) is 35.7 Å². The van der Waals surface area contributed by atoms with Crippen LogP contribution in [0.3, 0.4) is 0 Å². The highest BCUT2D eigenvalue weighted by Crippen LogP contribution is 2.16. The average molecular weight is 280 g/mol. The van der Waals surface area contributed by atoms with Gasteiger partial charge in [-0.1, -0.05) is 6.07 Å². The van der Waals surface area contributed by atoms with Crippen LogP contribution < -0.4 is 20.8 Å². The third-order valence-electron chi connectivity index (χ3n) is 2.36. The van der Waals surface area contributed by atoms with E-state index in [1.165, 1.54) is 0 Å². The number of carbonyl (C=O) groups excluding carboxylic acids is 2. The van der Waals surface area contributed by atoms with Gasteiger partial charge < -0.3 is 10.1 Å². The maximum absolute atomic E-state index is 11.3. The van der Waals surface area contributed by atoms with Crippen LogP contribution in [0.2, 0.25) is 0 Å². The molecule has 1 aromatic carbocycles. The topological polar surface area (TPSA) is 82.7 Å². The number of anilines is 1. The summed E-state index contributed by atoms with van der Waals surface area (Å²) in [6, 6.07) is 6.62. The highest BCUT2D eigenvalue weighted by molar-refractivity contribution is 7.80. The highest BCUT2D eigenvalue weighted by Gasteiger charge is 2.27. The molecule has 0 saturated carbocycles. The summed E-state index contributed by atoms with van der Waals surface area (Å²) in [6.45, 7) is -0.0707. The van der Waals surface area contributed by atoms with E-state index in [-0.39, 0.29) is 17.6 Å². The van der Waals surface area contributed by atoms with Gasteiger partial charge >= 0.3 is 6.03 Å². The van der Waals surface area contributed by atoms with Gasteiger partial charge in [0, 0.05) is 11.8 Å². The molecule has 7 nitrogen and oxygen atoms in total. The summed E-state index contributed by atoms with van der Waals surface area (Å²) in [4.78, 5) is 22.3. The molecule has 100 valence electrons. The maximum atomic E-state index is 11.3. The van der Waals surface area contributed by atoms with E-state index in [9.17, 15) is 9.59 Å². The van der Waals surface area contributed by atoms with Gasteiger partial charge in [-0.25, -0.2) is 9.80 Å². The fourth-order valence-electron chi connectivity index (χ4n) is 1.51. The Labute approximate surface area is 114 Å². The molecule has 1 saturated heterocycles. The zero-order chi connectivity index (χ0) is 13.8. The van der Waals surface area contributed by atoms with Crippen molar-refractivity contribution in [3.63, 3.8) is 0 Å². The van der Waals surface area contributed by atoms with Gasteiger partial charge in [0.1, 0.15) is 12.3 Å². The second-order valence-corrected chi connectivity index (χ2v) is 4.15. The minimum atomic E-state index is -0.528. The fourth-order valence-corrected chi connectivity index (χ4v) is 1.74. The van der Waals surface area contributed by atoms with Crippen molar-refractivity contribution in [3.8, 4) is 5.75 Å². The molecule has 0 unspecified atom stereocenters. The third-order valence-corrected chi connectivity index (χ3v) is 2.55. The summed E-state index contributed by atoms with van der Waals surface area (Å²) in [5.41, 5.74) is 3.34. The van der Waals surface area contributed by atoms with Gasteiger partial charge in [0.2, 0.25) is 5.91 Å². The van der Waals surface area contributed by atoms with E-state index in [1.807, 2.05) is 0 Å². The minimum Gasteiger partial charge on any atom is -0.497 e. The zero-order valence-corrected chi connectivity index (χ0v) is 10.9. The molecule has 2 rings (SSSR count). The molecule has 0 aliphatic carbocycles. The summed E-state index contributed by atoms with van der Waals surface area (Å²) < 4.78 is 5.08. The Morgan fingerprint density at radius 3 is 2.89 bits per heavy atom. The predicted octanol–water partition coefficient (Wildman–Crippen LogP) is 0.448. The number of rotatable bonds is 3. The van der Waals surface area contributed by atoms with Gasteiger partial charge in [0.15, 0.2) is 5.11 Å². The Morgan fingerprint density at radius 2 is 2.26 bits per heavy atom. The molecule has 0 bridgehead atoms. The lowest BCUT2D eigenvalue weighted by Crippen LogP contribution is -2.45. The highest BCUT2D eigenvalue weighted by atomic mass is 32.1. The first-order chi connectivity index (χ1) is 9.08. The van der Waals surface area contributed by atoms with Crippen molar-refractivity contribution in [2.45, 2.75) is 0 Å². The van der Waals surface area contributed by atoms with Gasteiger partial charge in [-0.3, -0.25) is 15.5 Å². The standard InChI is InChI=1S/C11H12N4O3S/c1-18-8-4-2-3-7(5-8)12-10(19)14-15-6-9(16)13-11(15)17/h2-5H,6H2,1H3,(H2,12,14,19)(H,13,16,17). The Hall–Kier alpha value is -2.35. The van der Waals surface area contributed by atoms with Crippen molar-refractivity contribution in [1.29, 1.82) is 0 Å². The molecule has 0 atom stereocenters. The van der Waals surface area contributed by atoms with Crippen LogP contribution in [0.4, 0.5) is 10.5 Å². The quantitative estimate of drug-likeness (QED) is 0.551. The first kappa shape index (κ1) is 13.1. The Kier molecular flexibility index (Phi) is 3.81. The number of hydrogen-bond acceptors (Lipinski definition) is 4. The van der Waals surface area contributed by atoms with E-state index in [2.05, 4.69) is 16.1 Å². The van der Waals surface area contributed by atoms with Crippen LogP contribution in [0, 0.1) is 0 Å². The molecule has 1 heterocycles. The van der Waals surface area contributed by atoms with E-state index in [1.54, 1.807) is 31.4 Å². The van der Waals surface area contributed by atoms with Crippen LogP contribution in [0.25, 0.3) is 0 Å². The number of nitrogens with zero attached hydrogens (tertiary/aromatic N) is 1. The number of thiocarbonyl (C=S) groups is 1. The molecule has 1 aliphatic heterocycles. The zero-order valence-electron chi connectivity index (χ0n) is 10.1. The smallest absolute Gasteiger partial charge is 0.343 e. The lowest BCUT2D eigenvalue weighted by Gasteiger charge is -2.17. The van der Waals surface area contributed by atoms with E-state index in [0.29, 0.717) is 11.4 Å². The van der Waals surface area contributed by atoms with Crippen LogP contribution >= 0.6 is 12.2 Å². The first-order valence-corrected chi connectivity index (χ1v) is 5.82. The van der Waals surface area contributed by atoms with Gasteiger partial charge in [-0.2, -0.15) is 0 Å². The fraction of sp³-hybridized carbons (Fsp3) is 0.182. The summed E-state index contributed by atoms with van der Waals surface area (Å²) in [5, 5.41) is 6.32. The van der Waals surface area contributed by atoms with Crippen LogP contribution in [-0.2, 0) is 4.79 Å². The Balaban J connectivity index is 1.94. The maximum Gasteiger partial charge on any atom is 0.343 e. The SMILES string of the molecule is COc1cccc(NC(=S)NN2CC(=O)NC2=O)c1. The van der Waals surface area contributed by atoms with Crippen molar-refractivity contribution < 1.29 is 14.3 Å². The van der Waals surface area contributed by atoms with Crippen LogP contribution in [0.5, 0.6) is 5.75 Å². The van der Waals surface area contributed by atoms with Crippen molar-refractivity contribution in [3.05, 3.63) is 24.3 Å². The molecule has 3 N–H and O–H groups in total. The Morgan fingerprint density at radius 1 is 1.47 bits per heavy atom. The number of imide groups is 1. The normalized spacial score (nSPS) is 14.1. The molecule has 1 aliphatic rings. The van der Waals surface area contributed by atoms with Gasteiger partial charge in [0.25, 0.3) is 0 Å². The van der Waals surface area contributed by atoms with Crippen molar-refractivity contribution >= 4 is 35.0 Å². The Bertz CT molecular complexity index is 534. The summed E-state index contributed by atoms with van der Waals surface area (Å²) in [5.74, 6) is 0.309. The van der Waals surface area contributed by atoms with E-state index >= 15 is 0 Å². The molecule has 0 spiro atoms. The lowest BCUT2D eigenvalue weighted by molar-refractivity contribution is -0.118. The van der Waals surface area contributed by atoms with Gasteiger partial charge in [0.05, 0.1) is 7.11 Å². The summed E-state index contributed by atoms with van der Waals surface area (Å²) in [7, 11) is 1.57. The largest absolute Gasteiger partial charge is 0.497 e. The monoisotopic (exact) mass is 280 g/mol. The number of nitrogens with one attached hydrogen (secondary N) is 3. The first-order valence-electron chi connectivity index (χ1n) is 5.41. The average Bonchev–Trinajstić information content (AvgIpc) is 2.68. The molecule has 19 heavy (non-hydrogen) atoms. The van der Waals surface area contributed by atoms with Crippen molar-refractivity contribution in [2.24, 2.45) is 0 Å². The number of methoxy groups -OCH3 is 1. The number of carbonyl (C=O) groups is 2. The molecule has 1 fully saturated rings. The van der Waals surface area contributed by atoms with E-state index in [0.717, 1.165) is 5.01 Å². The minimum absolute atomic E-state index is 0.0707. The second-order valence-electron chi connectivity index (χ2n) is 3.74. The number of benzene rings is 1. The number of hydrazine groups is 1. The molecule has 3 amide bonds. The third kappa shape index (κ3) is 3.32. The molecule has 0 radical (unpaired) electrons. The van der Waals surface area contributed by atoms with E-state index in [4.69, 9.17) is 17.0 Å². The number of urea groups is 1. The van der Waals surface area contributed by atoms with Crippen LogP contribution in [0.1, 0.15) is 0 Å². The molecular weight excluding hydrogens is 268 g/mol. The molecule has 1 aromatic rings. The van der Waals surface area contributed by atoms with Crippen molar-refractivity contribution in [2.75, 3.05) is 19.0 Å². The van der Waals surface area contributed by atoms with Crippen molar-refractivity contribution in [1.82, 2.24) is 15.8 Å². The summed E-state index contributed by atoms with van der Waals surface area (Å²) >= 11 is 5.05. The number of amides is 3. The van der Waals surface area contributed by atoms with Gasteiger partial charge in [-0.05, 0) is 24.4 Å². The van der Waals surface area contributed by atoms with E-state index < -0.39 is 6.03 Å². The number of hydrogen-bond donors (Lipinski definition) is 3. The molecule has 0 aromatic heterocycles. The molecule has 8 heteroatoms. The predicted molar refractivity (Wildman–Crippen MR) is 72.6 cm³/mol. The summed E-state index contributed by atoms with van der Waals surface area (Å²) in [6.07, 6.45) is 0. The second kappa shape index (κ2) is 5.53.